The first kappa shape index (κ1) is 13.1. The van der Waals surface area contributed by atoms with Crippen molar-refractivity contribution in [2.45, 2.75) is 32.5 Å². The fraction of sp³-hybridized carbons (Fsp3) is 0.312. The number of hydrogen-bond acceptors (Lipinski definition) is 3. The lowest BCUT2D eigenvalue weighted by molar-refractivity contribution is -0.128. The minimum absolute atomic E-state index is 0.111. The second kappa shape index (κ2) is 4.69. The van der Waals surface area contributed by atoms with Crippen LogP contribution in [-0.2, 0) is 24.3 Å². The van der Waals surface area contributed by atoms with Gasteiger partial charge in [0.15, 0.2) is 0 Å². The maximum atomic E-state index is 12.6. The summed E-state index contributed by atoms with van der Waals surface area (Å²) < 4.78 is 0. The molecule has 1 aromatic carbocycles. The molecule has 0 radical (unpaired) electrons. The first-order valence-corrected chi connectivity index (χ1v) is 7.33. The van der Waals surface area contributed by atoms with Gasteiger partial charge in [0.05, 0.1) is 12.7 Å². The summed E-state index contributed by atoms with van der Waals surface area (Å²) in [5, 5.41) is 6.79. The third-order valence-electron chi connectivity index (χ3n) is 4.54. The van der Waals surface area contributed by atoms with Crippen LogP contribution in [0.15, 0.2) is 30.5 Å². The van der Waals surface area contributed by atoms with Gasteiger partial charge < -0.3 is 4.90 Å². The highest BCUT2D eigenvalue weighted by atomic mass is 16.2. The number of fused-ring (bicyclic) bond motifs is 2. The molecule has 2 aromatic rings. The molecular weight excluding hydrogens is 280 g/mol. The maximum Gasteiger partial charge on any atom is 0.328 e. The first-order chi connectivity index (χ1) is 10.6. The molecule has 0 bridgehead atoms. The Balaban J connectivity index is 1.63. The number of carbonyl (C=O) groups is 2. The van der Waals surface area contributed by atoms with E-state index in [0.717, 1.165) is 22.4 Å². The van der Waals surface area contributed by atoms with E-state index >= 15 is 0 Å². The Bertz CT molecular complexity index is 724. The second-order valence-corrected chi connectivity index (χ2v) is 5.84. The van der Waals surface area contributed by atoms with Crippen LogP contribution in [0, 0.1) is 6.92 Å². The van der Waals surface area contributed by atoms with Crippen molar-refractivity contribution in [3.8, 4) is 0 Å². The van der Waals surface area contributed by atoms with E-state index in [1.54, 1.807) is 11.1 Å². The summed E-state index contributed by atoms with van der Waals surface area (Å²) in [6.07, 6.45) is 2.27. The number of nitrogens with zero attached hydrogens (tertiary/aromatic N) is 3. The third-order valence-corrected chi connectivity index (χ3v) is 4.54. The van der Waals surface area contributed by atoms with Gasteiger partial charge >= 0.3 is 6.03 Å². The van der Waals surface area contributed by atoms with Crippen molar-refractivity contribution in [3.05, 3.63) is 52.8 Å². The molecular formula is C16H16N4O2. The summed E-state index contributed by atoms with van der Waals surface area (Å²) in [7, 11) is 0. The van der Waals surface area contributed by atoms with E-state index in [4.69, 9.17) is 0 Å². The van der Waals surface area contributed by atoms with Crippen molar-refractivity contribution in [2.24, 2.45) is 0 Å². The highest BCUT2D eigenvalue weighted by molar-refractivity contribution is 6.04. The zero-order chi connectivity index (χ0) is 15.3. The van der Waals surface area contributed by atoms with E-state index in [1.807, 2.05) is 31.2 Å². The van der Waals surface area contributed by atoms with Gasteiger partial charge in [0, 0.05) is 24.2 Å². The van der Waals surface area contributed by atoms with Gasteiger partial charge in [0.2, 0.25) is 0 Å². The lowest BCUT2D eigenvalue weighted by atomic mass is 9.95. The number of urea groups is 1. The van der Waals surface area contributed by atoms with Crippen LogP contribution < -0.4 is 0 Å². The fourth-order valence-corrected chi connectivity index (χ4v) is 3.22. The molecule has 0 aliphatic carbocycles. The van der Waals surface area contributed by atoms with E-state index in [1.165, 1.54) is 4.90 Å². The number of benzene rings is 1. The zero-order valence-corrected chi connectivity index (χ0v) is 12.2. The van der Waals surface area contributed by atoms with Crippen LogP contribution >= 0.6 is 0 Å². The van der Waals surface area contributed by atoms with Crippen molar-refractivity contribution in [3.63, 3.8) is 0 Å². The van der Waals surface area contributed by atoms with Gasteiger partial charge in [-0.3, -0.25) is 14.8 Å². The third kappa shape index (κ3) is 1.83. The fourth-order valence-electron chi connectivity index (χ4n) is 3.22. The molecule has 1 atom stereocenters. The quantitative estimate of drug-likeness (QED) is 0.856. The molecule has 112 valence electrons. The predicted octanol–water partition coefficient (Wildman–Crippen LogP) is 1.61. The topological polar surface area (TPSA) is 69.3 Å². The van der Waals surface area contributed by atoms with E-state index in [0.29, 0.717) is 13.0 Å². The molecule has 4 rings (SSSR count). The lowest BCUT2D eigenvalue weighted by Gasteiger charge is -2.28. The number of amides is 3. The molecule has 0 unspecified atom stereocenters. The van der Waals surface area contributed by atoms with Gasteiger partial charge in [-0.1, -0.05) is 24.3 Å². The van der Waals surface area contributed by atoms with Gasteiger partial charge in [-0.15, -0.1) is 0 Å². The van der Waals surface area contributed by atoms with Crippen LogP contribution in [-0.4, -0.2) is 38.0 Å². The van der Waals surface area contributed by atoms with Crippen molar-refractivity contribution < 1.29 is 9.59 Å². The van der Waals surface area contributed by atoms with Crippen molar-refractivity contribution >= 4 is 11.9 Å². The maximum absolute atomic E-state index is 12.6. The number of hydrogen-bond donors (Lipinski definition) is 1. The number of aromatic amines is 1. The van der Waals surface area contributed by atoms with E-state index in [2.05, 4.69) is 10.2 Å². The molecule has 6 nitrogen and oxygen atoms in total. The molecule has 1 fully saturated rings. The van der Waals surface area contributed by atoms with Gasteiger partial charge in [-0.25, -0.2) is 4.79 Å². The number of nitrogens with one attached hydrogen (secondary N) is 1. The summed E-state index contributed by atoms with van der Waals surface area (Å²) in [5.74, 6) is -0.111. The van der Waals surface area contributed by atoms with Gasteiger partial charge in [0.25, 0.3) is 5.91 Å². The standard InChI is InChI=1S/C16H16N4O2/c1-10-13(7-17-18-10)9-20-15(21)14-6-11-4-2-3-5-12(11)8-19(14)16(20)22/h2-5,7,14H,6,8-9H2,1H3,(H,17,18)/t14-/m1/s1. The molecule has 0 spiro atoms. The summed E-state index contributed by atoms with van der Waals surface area (Å²) >= 11 is 0. The smallest absolute Gasteiger partial charge is 0.308 e. The molecule has 22 heavy (non-hydrogen) atoms. The Kier molecular flexibility index (Phi) is 2.79. The van der Waals surface area contributed by atoms with Crippen molar-refractivity contribution in [2.75, 3.05) is 0 Å². The largest absolute Gasteiger partial charge is 0.328 e. The first-order valence-electron chi connectivity index (χ1n) is 7.33. The van der Waals surface area contributed by atoms with Crippen LogP contribution in [0.3, 0.4) is 0 Å². The molecule has 0 saturated carbocycles. The molecule has 6 heteroatoms. The van der Waals surface area contributed by atoms with E-state index in [9.17, 15) is 9.59 Å². The van der Waals surface area contributed by atoms with Crippen molar-refractivity contribution in [1.82, 2.24) is 20.0 Å². The second-order valence-electron chi connectivity index (χ2n) is 5.84. The molecule has 2 aliphatic rings. The summed E-state index contributed by atoms with van der Waals surface area (Å²) in [6.45, 7) is 2.67. The summed E-state index contributed by atoms with van der Waals surface area (Å²) in [5.41, 5.74) is 4.04. The Morgan fingerprint density at radius 3 is 2.77 bits per heavy atom. The highest BCUT2D eigenvalue weighted by Crippen LogP contribution is 2.30. The number of aryl methyl sites for hydroxylation is 1. The molecule has 1 saturated heterocycles. The minimum atomic E-state index is -0.366. The van der Waals surface area contributed by atoms with E-state index < -0.39 is 0 Å². The summed E-state index contributed by atoms with van der Waals surface area (Å²) in [6, 6.07) is 7.43. The zero-order valence-electron chi connectivity index (χ0n) is 12.2. The summed E-state index contributed by atoms with van der Waals surface area (Å²) in [4.78, 5) is 28.3. The average molecular weight is 296 g/mol. The Morgan fingerprint density at radius 2 is 2.05 bits per heavy atom. The van der Waals surface area contributed by atoms with Crippen LogP contribution in [0.25, 0.3) is 0 Å². The number of aromatic nitrogens is 2. The van der Waals surface area contributed by atoms with Crippen LogP contribution in [0.4, 0.5) is 4.79 Å². The molecule has 3 amide bonds. The van der Waals surface area contributed by atoms with Gasteiger partial charge in [-0.2, -0.15) is 5.10 Å². The van der Waals surface area contributed by atoms with Crippen LogP contribution in [0.2, 0.25) is 0 Å². The molecule has 2 aliphatic heterocycles. The average Bonchev–Trinajstić information content (AvgIpc) is 3.03. The molecule has 1 aromatic heterocycles. The number of H-pyrrole nitrogens is 1. The lowest BCUT2D eigenvalue weighted by Crippen LogP contribution is -2.39. The Labute approximate surface area is 127 Å². The number of carbonyl (C=O) groups excluding carboxylic acids is 2. The minimum Gasteiger partial charge on any atom is -0.308 e. The predicted molar refractivity (Wildman–Crippen MR) is 78.7 cm³/mol. The molecule has 1 N–H and O–H groups in total. The van der Waals surface area contributed by atoms with Gasteiger partial charge in [0.1, 0.15) is 6.04 Å². The van der Waals surface area contributed by atoms with Crippen LogP contribution in [0.5, 0.6) is 0 Å². The monoisotopic (exact) mass is 296 g/mol. The van der Waals surface area contributed by atoms with Crippen LogP contribution in [0.1, 0.15) is 22.4 Å². The Morgan fingerprint density at radius 1 is 1.27 bits per heavy atom. The number of imide groups is 1. The normalized spacial score (nSPS) is 20.3. The van der Waals surface area contributed by atoms with Gasteiger partial charge in [-0.05, 0) is 18.1 Å². The Hall–Kier alpha value is -2.63. The highest BCUT2D eigenvalue weighted by Gasteiger charge is 2.47. The SMILES string of the molecule is Cc1[nH]ncc1CN1C(=O)[C@H]2Cc3ccccc3CN2C1=O. The molecule has 3 heterocycles. The van der Waals surface area contributed by atoms with E-state index in [-0.39, 0.29) is 24.5 Å². The number of rotatable bonds is 2. The van der Waals surface area contributed by atoms with Crippen molar-refractivity contribution in [1.29, 1.82) is 0 Å².